The highest BCUT2D eigenvalue weighted by molar-refractivity contribution is 6.04. The summed E-state index contributed by atoms with van der Waals surface area (Å²) in [6, 6.07) is 12.7. The number of oxime groups is 1. The first-order valence-electron chi connectivity index (χ1n) is 12.7. The third-order valence-electron chi connectivity index (χ3n) is 7.99. The summed E-state index contributed by atoms with van der Waals surface area (Å²) in [5.41, 5.74) is 5.41. The molecular formula is C28H30N4O4. The zero-order valence-electron chi connectivity index (χ0n) is 20.3. The molecule has 1 aromatic carbocycles. The molecule has 8 nitrogen and oxygen atoms in total. The number of piperidine rings is 2. The van der Waals surface area contributed by atoms with E-state index in [1.54, 1.807) is 18.5 Å². The molecule has 2 aromatic heterocycles. The molecule has 8 heteroatoms. The van der Waals surface area contributed by atoms with Crippen LogP contribution >= 0.6 is 0 Å². The van der Waals surface area contributed by atoms with E-state index in [0.717, 1.165) is 47.1 Å². The summed E-state index contributed by atoms with van der Waals surface area (Å²) >= 11 is 0. The number of aromatic nitrogens is 1. The molecule has 3 aromatic rings. The number of ether oxygens (including phenoxy) is 1. The summed E-state index contributed by atoms with van der Waals surface area (Å²) in [4.78, 5) is 19.4. The van der Waals surface area contributed by atoms with Crippen LogP contribution < -0.4 is 10.1 Å². The predicted molar refractivity (Wildman–Crippen MR) is 135 cm³/mol. The van der Waals surface area contributed by atoms with Crippen molar-refractivity contribution in [2.45, 2.75) is 63.1 Å². The van der Waals surface area contributed by atoms with E-state index < -0.39 is 6.09 Å². The van der Waals surface area contributed by atoms with E-state index in [4.69, 9.17) is 9.15 Å². The molecular weight excluding hydrogens is 456 g/mol. The fraction of sp³-hybridized carbons (Fsp3) is 0.393. The Morgan fingerprint density at radius 3 is 2.61 bits per heavy atom. The summed E-state index contributed by atoms with van der Waals surface area (Å²) in [5, 5.41) is 15.8. The summed E-state index contributed by atoms with van der Waals surface area (Å²) in [6.45, 7) is 0. The molecule has 1 unspecified atom stereocenters. The van der Waals surface area contributed by atoms with E-state index in [0.29, 0.717) is 30.0 Å². The number of furan rings is 1. The van der Waals surface area contributed by atoms with Crippen LogP contribution in [0.15, 0.2) is 58.4 Å². The third kappa shape index (κ3) is 4.26. The highest BCUT2D eigenvalue weighted by Gasteiger charge is 2.36. The maximum atomic E-state index is 12.8. The van der Waals surface area contributed by atoms with E-state index in [1.165, 1.54) is 19.3 Å². The molecule has 1 amide bonds. The predicted octanol–water partition coefficient (Wildman–Crippen LogP) is 5.24. The Morgan fingerprint density at radius 2 is 1.86 bits per heavy atom. The van der Waals surface area contributed by atoms with Gasteiger partial charge in [0.25, 0.3) is 5.95 Å². The molecule has 0 saturated carbocycles. The fourth-order valence-electron chi connectivity index (χ4n) is 6.11. The van der Waals surface area contributed by atoms with Crippen LogP contribution in [-0.2, 0) is 6.42 Å². The summed E-state index contributed by atoms with van der Waals surface area (Å²) in [5.74, 6) is 0.767. The van der Waals surface area contributed by atoms with E-state index in [-0.39, 0.29) is 12.0 Å². The zero-order chi connectivity index (χ0) is 24.6. The number of aryl methyl sites for hydroxylation is 1. The number of hydrogen-bond donors (Lipinski definition) is 2. The lowest BCUT2D eigenvalue weighted by molar-refractivity contribution is 0.0488. The quantitative estimate of drug-likeness (QED) is 0.387. The van der Waals surface area contributed by atoms with E-state index >= 15 is 0 Å². The molecule has 2 fully saturated rings. The van der Waals surface area contributed by atoms with Crippen molar-refractivity contribution in [2.75, 3.05) is 7.05 Å². The molecule has 4 heterocycles. The van der Waals surface area contributed by atoms with Gasteiger partial charge in [0.15, 0.2) is 0 Å². The van der Waals surface area contributed by atoms with Crippen LogP contribution in [0.1, 0.15) is 49.7 Å². The van der Waals surface area contributed by atoms with Crippen molar-refractivity contribution < 1.29 is 19.2 Å². The highest BCUT2D eigenvalue weighted by atomic mass is 16.6. The Bertz CT molecular complexity index is 1290. The molecule has 0 spiro atoms. The number of pyridine rings is 1. The summed E-state index contributed by atoms with van der Waals surface area (Å²) < 4.78 is 11.7. The van der Waals surface area contributed by atoms with Crippen molar-refractivity contribution in [2.24, 2.45) is 5.16 Å². The molecule has 186 valence electrons. The molecule has 1 aliphatic carbocycles. The Balaban J connectivity index is 1.25. The van der Waals surface area contributed by atoms with Crippen molar-refractivity contribution in [1.29, 1.82) is 0 Å². The van der Waals surface area contributed by atoms with E-state index in [2.05, 4.69) is 33.5 Å². The molecule has 2 saturated heterocycles. The van der Waals surface area contributed by atoms with Crippen LogP contribution in [0.4, 0.5) is 4.79 Å². The van der Waals surface area contributed by atoms with Crippen LogP contribution in [0.5, 0.6) is 5.95 Å². The number of hydrogen-bond acceptors (Lipinski definition) is 7. The molecule has 2 bridgehead atoms. The molecule has 6 rings (SSSR count). The maximum Gasteiger partial charge on any atom is 0.415 e. The van der Waals surface area contributed by atoms with Crippen molar-refractivity contribution in [3.63, 3.8) is 0 Å². The van der Waals surface area contributed by atoms with Gasteiger partial charge < -0.3 is 24.6 Å². The minimum absolute atomic E-state index is 0.109. The number of nitrogens with one attached hydrogen (secondary N) is 1. The average molecular weight is 487 g/mol. The normalized spacial score (nSPS) is 24.5. The van der Waals surface area contributed by atoms with Gasteiger partial charge in [-0.25, -0.2) is 4.79 Å². The van der Waals surface area contributed by atoms with Gasteiger partial charge >= 0.3 is 6.09 Å². The van der Waals surface area contributed by atoms with Crippen LogP contribution in [0.2, 0.25) is 0 Å². The molecule has 3 atom stereocenters. The van der Waals surface area contributed by atoms with Gasteiger partial charge in [0.05, 0.1) is 5.71 Å². The zero-order valence-corrected chi connectivity index (χ0v) is 20.3. The SMILES string of the molecule is CN1[C@@H]2CCC[C@H]1CC(NC(=O)Oc1cc(-c3ccc4c(c3)CCC4=NO)c(-c3ccncc3)o1)C2. The van der Waals surface area contributed by atoms with Crippen LogP contribution in [-0.4, -0.2) is 52.1 Å². The summed E-state index contributed by atoms with van der Waals surface area (Å²) in [6.07, 6.45) is 9.98. The van der Waals surface area contributed by atoms with Crippen LogP contribution in [0.25, 0.3) is 22.5 Å². The second kappa shape index (κ2) is 9.43. The average Bonchev–Trinajstić information content (AvgIpc) is 3.48. The van der Waals surface area contributed by atoms with Crippen molar-refractivity contribution in [3.05, 3.63) is 59.9 Å². The number of amides is 1. The topological polar surface area (TPSA) is 100 Å². The summed E-state index contributed by atoms with van der Waals surface area (Å²) in [7, 11) is 2.20. The second-order valence-corrected chi connectivity index (χ2v) is 10.1. The Hall–Kier alpha value is -3.65. The second-order valence-electron chi connectivity index (χ2n) is 10.1. The molecule has 3 aliphatic rings. The fourth-order valence-corrected chi connectivity index (χ4v) is 6.11. The van der Waals surface area contributed by atoms with Gasteiger partial charge in [-0.05, 0) is 68.8 Å². The number of nitrogens with zero attached hydrogens (tertiary/aromatic N) is 3. The highest BCUT2D eigenvalue weighted by Crippen LogP contribution is 2.40. The lowest BCUT2D eigenvalue weighted by atomic mass is 9.82. The number of rotatable bonds is 4. The number of carbonyl (C=O) groups is 1. The third-order valence-corrected chi connectivity index (χ3v) is 7.99. The lowest BCUT2D eigenvalue weighted by Gasteiger charge is -2.47. The molecule has 0 radical (unpaired) electrons. The number of benzene rings is 1. The van der Waals surface area contributed by atoms with Crippen molar-refractivity contribution in [3.8, 4) is 28.4 Å². The van der Waals surface area contributed by atoms with Gasteiger partial charge in [0, 0.05) is 53.3 Å². The lowest BCUT2D eigenvalue weighted by Crippen LogP contribution is -2.55. The van der Waals surface area contributed by atoms with Gasteiger partial charge in [0.1, 0.15) is 5.76 Å². The Kier molecular flexibility index (Phi) is 5.97. The van der Waals surface area contributed by atoms with Crippen LogP contribution in [0.3, 0.4) is 0 Å². The Labute approximate surface area is 210 Å². The van der Waals surface area contributed by atoms with Crippen molar-refractivity contribution >= 4 is 11.8 Å². The first-order valence-corrected chi connectivity index (χ1v) is 12.7. The number of carbonyl (C=O) groups excluding carboxylic acids is 1. The molecule has 2 aliphatic heterocycles. The minimum Gasteiger partial charge on any atom is -0.425 e. The van der Waals surface area contributed by atoms with Gasteiger partial charge in [-0.3, -0.25) is 4.98 Å². The van der Waals surface area contributed by atoms with Crippen molar-refractivity contribution in [1.82, 2.24) is 15.2 Å². The van der Waals surface area contributed by atoms with Gasteiger partial charge in [-0.2, -0.15) is 0 Å². The largest absolute Gasteiger partial charge is 0.425 e. The standard InChI is InChI=1S/C28H30N4O4/c1-32-21-3-2-4-22(32)15-20(14-21)30-28(33)36-26-16-24(27(35-26)17-9-11-29-12-10-17)19-5-7-23-18(13-19)6-8-25(23)31-34/h5,7,9-13,16,20-22,34H,2-4,6,8,14-15H2,1H3,(H,30,33)/t20?,21-,22+. The molecule has 36 heavy (non-hydrogen) atoms. The number of fused-ring (bicyclic) bond motifs is 3. The van der Waals surface area contributed by atoms with E-state index in [1.807, 2.05) is 24.3 Å². The smallest absolute Gasteiger partial charge is 0.415 e. The van der Waals surface area contributed by atoms with Gasteiger partial charge in [-0.15, -0.1) is 0 Å². The van der Waals surface area contributed by atoms with Crippen LogP contribution in [0, 0.1) is 0 Å². The minimum atomic E-state index is -0.484. The Morgan fingerprint density at radius 1 is 1.08 bits per heavy atom. The van der Waals surface area contributed by atoms with Gasteiger partial charge in [0.2, 0.25) is 0 Å². The first kappa shape index (κ1) is 22.8. The maximum absolute atomic E-state index is 12.8. The monoisotopic (exact) mass is 486 g/mol. The first-order chi connectivity index (χ1) is 17.6. The van der Waals surface area contributed by atoms with E-state index in [9.17, 15) is 10.0 Å². The molecule has 2 N–H and O–H groups in total. The van der Waals surface area contributed by atoms with Gasteiger partial charge in [-0.1, -0.05) is 29.8 Å².